The molecule has 4 heteroatoms. The minimum Gasteiger partial charge on any atom is -0.506 e. The van der Waals surface area contributed by atoms with Gasteiger partial charge < -0.3 is 10.0 Å². The van der Waals surface area contributed by atoms with E-state index in [-0.39, 0.29) is 5.75 Å². The quantitative estimate of drug-likeness (QED) is 0.870. The molecular weight excluding hydrogens is 314 g/mol. The van der Waals surface area contributed by atoms with E-state index in [2.05, 4.69) is 43.3 Å². The van der Waals surface area contributed by atoms with Gasteiger partial charge in [-0.15, -0.1) is 11.8 Å². The van der Waals surface area contributed by atoms with E-state index in [1.807, 2.05) is 11.8 Å². The molecule has 0 radical (unpaired) electrons. The fraction of sp³-hybridized carbons (Fsp3) is 0.333. The lowest BCUT2D eigenvalue weighted by Gasteiger charge is -2.26. The number of fused-ring (bicyclic) bond motifs is 1. The van der Waals surface area contributed by atoms with Gasteiger partial charge in [0.25, 0.3) is 0 Å². The molecule has 1 aliphatic rings. The SMILES string of the molecule is CN(C)C[C@@H]1CSc2ccccc2C1.Oc1ccccc1Cl. The summed E-state index contributed by atoms with van der Waals surface area (Å²) in [4.78, 5) is 3.78. The van der Waals surface area contributed by atoms with Crippen LogP contribution in [0.3, 0.4) is 0 Å². The molecule has 0 unspecified atom stereocenters. The second-order valence-corrected chi connectivity index (χ2v) is 7.17. The Morgan fingerprint density at radius 2 is 1.82 bits per heavy atom. The van der Waals surface area contributed by atoms with Crippen molar-refractivity contribution in [3.63, 3.8) is 0 Å². The molecule has 0 aliphatic carbocycles. The number of hydrogen-bond acceptors (Lipinski definition) is 3. The number of hydrogen-bond donors (Lipinski definition) is 1. The second kappa shape index (κ2) is 8.47. The number of thioether (sulfide) groups is 1. The molecule has 1 atom stereocenters. The summed E-state index contributed by atoms with van der Waals surface area (Å²) in [6.07, 6.45) is 1.25. The normalized spacial score (nSPS) is 16.6. The van der Waals surface area contributed by atoms with E-state index in [4.69, 9.17) is 16.7 Å². The van der Waals surface area contributed by atoms with Crippen LogP contribution in [0, 0.1) is 5.92 Å². The van der Waals surface area contributed by atoms with E-state index in [9.17, 15) is 0 Å². The van der Waals surface area contributed by atoms with E-state index in [1.165, 1.54) is 29.2 Å². The summed E-state index contributed by atoms with van der Waals surface area (Å²) >= 11 is 7.47. The highest BCUT2D eigenvalue weighted by Gasteiger charge is 2.18. The van der Waals surface area contributed by atoms with Crippen molar-refractivity contribution in [3.8, 4) is 5.75 Å². The van der Waals surface area contributed by atoms with Crippen LogP contribution in [0.5, 0.6) is 5.75 Å². The molecule has 1 aliphatic heterocycles. The van der Waals surface area contributed by atoms with Crippen molar-refractivity contribution in [2.45, 2.75) is 11.3 Å². The van der Waals surface area contributed by atoms with E-state index in [0.29, 0.717) is 5.02 Å². The van der Waals surface area contributed by atoms with E-state index in [0.717, 1.165) is 5.92 Å². The summed E-state index contributed by atoms with van der Waals surface area (Å²) in [6, 6.07) is 15.5. The Morgan fingerprint density at radius 3 is 2.45 bits per heavy atom. The smallest absolute Gasteiger partial charge is 0.134 e. The summed E-state index contributed by atoms with van der Waals surface area (Å²) in [5.74, 6) is 2.23. The summed E-state index contributed by atoms with van der Waals surface area (Å²) in [5, 5.41) is 9.18. The molecule has 2 aromatic rings. The molecule has 118 valence electrons. The van der Waals surface area contributed by atoms with Crippen LogP contribution < -0.4 is 0 Å². The van der Waals surface area contributed by atoms with Crippen LogP contribution >= 0.6 is 23.4 Å². The fourth-order valence-electron chi connectivity index (χ4n) is 2.48. The first-order valence-corrected chi connectivity index (χ1v) is 8.71. The molecule has 1 heterocycles. The first-order valence-electron chi connectivity index (χ1n) is 7.35. The highest BCUT2D eigenvalue weighted by molar-refractivity contribution is 7.99. The van der Waals surface area contributed by atoms with Gasteiger partial charge in [-0.25, -0.2) is 0 Å². The van der Waals surface area contributed by atoms with Gasteiger partial charge in [0.1, 0.15) is 5.75 Å². The zero-order valence-corrected chi connectivity index (χ0v) is 14.6. The first-order chi connectivity index (χ1) is 10.6. The number of nitrogens with zero attached hydrogens (tertiary/aromatic N) is 1. The number of rotatable bonds is 2. The maximum absolute atomic E-state index is 8.79. The molecule has 0 saturated carbocycles. The number of halogens is 1. The molecule has 0 amide bonds. The third kappa shape index (κ3) is 5.24. The lowest BCUT2D eigenvalue weighted by atomic mass is 10.00. The van der Waals surface area contributed by atoms with E-state index >= 15 is 0 Å². The van der Waals surface area contributed by atoms with Crippen molar-refractivity contribution >= 4 is 23.4 Å². The number of benzene rings is 2. The highest BCUT2D eigenvalue weighted by atomic mass is 35.5. The number of phenolic OH excluding ortho intramolecular Hbond substituents is 1. The minimum atomic E-state index is 0.133. The Morgan fingerprint density at radius 1 is 1.14 bits per heavy atom. The minimum absolute atomic E-state index is 0.133. The molecule has 0 spiro atoms. The number of para-hydroxylation sites is 1. The molecule has 0 aromatic heterocycles. The Labute approximate surface area is 142 Å². The first kappa shape index (κ1) is 17.2. The van der Waals surface area contributed by atoms with Crippen LogP contribution in [0.25, 0.3) is 0 Å². The predicted molar refractivity (Wildman–Crippen MR) is 96.0 cm³/mol. The molecule has 22 heavy (non-hydrogen) atoms. The Hall–Kier alpha value is -1.16. The van der Waals surface area contributed by atoms with Gasteiger partial charge in [0.2, 0.25) is 0 Å². The van der Waals surface area contributed by atoms with Gasteiger partial charge in [-0.3, -0.25) is 0 Å². The van der Waals surface area contributed by atoms with Crippen molar-refractivity contribution in [3.05, 3.63) is 59.1 Å². The summed E-state index contributed by atoms with van der Waals surface area (Å²) in [7, 11) is 4.32. The fourth-order valence-corrected chi connectivity index (χ4v) is 3.76. The molecule has 1 N–H and O–H groups in total. The van der Waals surface area contributed by atoms with Crippen LogP contribution in [0.4, 0.5) is 0 Å². The van der Waals surface area contributed by atoms with Crippen molar-refractivity contribution in [1.29, 1.82) is 0 Å². The van der Waals surface area contributed by atoms with Crippen LogP contribution in [0.2, 0.25) is 5.02 Å². The molecule has 0 saturated heterocycles. The Balaban J connectivity index is 0.000000188. The predicted octanol–water partition coefficient (Wildman–Crippen LogP) is 4.56. The molecule has 0 bridgehead atoms. The van der Waals surface area contributed by atoms with Crippen molar-refractivity contribution in [2.75, 3.05) is 26.4 Å². The second-order valence-electron chi connectivity index (χ2n) is 5.70. The van der Waals surface area contributed by atoms with Gasteiger partial charge >= 0.3 is 0 Å². The lowest BCUT2D eigenvalue weighted by molar-refractivity contribution is 0.339. The summed E-state index contributed by atoms with van der Waals surface area (Å²) < 4.78 is 0. The van der Waals surface area contributed by atoms with Gasteiger partial charge in [0.15, 0.2) is 0 Å². The molecule has 2 aromatic carbocycles. The van der Waals surface area contributed by atoms with Crippen LogP contribution in [-0.4, -0.2) is 36.4 Å². The molecule has 2 nitrogen and oxygen atoms in total. The standard InChI is InChI=1S/C12H17NS.C6H5ClO/c1-13(2)8-10-7-11-5-3-4-6-12(11)14-9-10;7-5-3-1-2-4-6(5)8/h3-6,10H,7-9H2,1-2H3;1-4,8H/t10-;/m1./s1. The molecule has 3 rings (SSSR count). The van der Waals surface area contributed by atoms with Gasteiger partial charge in [-0.2, -0.15) is 0 Å². The Bertz CT molecular complexity index is 582. The van der Waals surface area contributed by atoms with Gasteiger partial charge in [0.05, 0.1) is 5.02 Å². The van der Waals surface area contributed by atoms with Crippen LogP contribution in [0.1, 0.15) is 5.56 Å². The molecular formula is C18H22ClNOS. The average Bonchev–Trinajstić information content (AvgIpc) is 2.50. The highest BCUT2D eigenvalue weighted by Crippen LogP contribution is 2.32. The average molecular weight is 336 g/mol. The van der Waals surface area contributed by atoms with E-state index < -0.39 is 0 Å². The number of aromatic hydroxyl groups is 1. The lowest BCUT2D eigenvalue weighted by Crippen LogP contribution is -2.26. The van der Waals surface area contributed by atoms with Crippen LogP contribution in [0.15, 0.2) is 53.4 Å². The van der Waals surface area contributed by atoms with Crippen molar-refractivity contribution in [2.24, 2.45) is 5.92 Å². The van der Waals surface area contributed by atoms with Crippen molar-refractivity contribution in [1.82, 2.24) is 4.90 Å². The maximum Gasteiger partial charge on any atom is 0.134 e. The Kier molecular flexibility index (Phi) is 6.62. The van der Waals surface area contributed by atoms with Gasteiger partial charge in [0, 0.05) is 17.2 Å². The summed E-state index contributed by atoms with van der Waals surface area (Å²) in [5.41, 5.74) is 1.54. The van der Waals surface area contributed by atoms with Gasteiger partial charge in [-0.05, 0) is 50.2 Å². The zero-order valence-electron chi connectivity index (χ0n) is 13.0. The van der Waals surface area contributed by atoms with Crippen LogP contribution in [-0.2, 0) is 6.42 Å². The third-order valence-corrected chi connectivity index (χ3v) is 5.10. The topological polar surface area (TPSA) is 23.5 Å². The van der Waals surface area contributed by atoms with Gasteiger partial charge in [-0.1, -0.05) is 41.9 Å². The summed E-state index contributed by atoms with van der Waals surface area (Å²) in [6.45, 7) is 1.21. The number of phenols is 1. The third-order valence-electron chi connectivity index (χ3n) is 3.43. The zero-order chi connectivity index (χ0) is 15.9. The van der Waals surface area contributed by atoms with E-state index in [1.54, 1.807) is 24.3 Å². The van der Waals surface area contributed by atoms with Crippen molar-refractivity contribution < 1.29 is 5.11 Å². The monoisotopic (exact) mass is 335 g/mol. The largest absolute Gasteiger partial charge is 0.506 e. The molecule has 0 fully saturated rings. The maximum atomic E-state index is 8.79.